The van der Waals surface area contributed by atoms with E-state index in [-0.39, 0.29) is 5.78 Å². The summed E-state index contributed by atoms with van der Waals surface area (Å²) >= 11 is 1.55. The van der Waals surface area contributed by atoms with Crippen molar-refractivity contribution in [3.8, 4) is 0 Å². The summed E-state index contributed by atoms with van der Waals surface area (Å²) in [5, 5.41) is 2.88. The second-order valence-electron chi connectivity index (χ2n) is 3.89. The minimum atomic E-state index is -0.557. The topological polar surface area (TPSA) is 56.0 Å². The number of nitrogens with zero attached hydrogens (tertiary/aromatic N) is 1. The van der Waals surface area contributed by atoms with E-state index in [0.29, 0.717) is 6.42 Å². The van der Waals surface area contributed by atoms with Crippen LogP contribution in [0, 0.1) is 6.92 Å². The molecule has 2 aromatic rings. The SMILES string of the molecule is Cc1nc(CC(=O)C(N)c2ccccc2)cs1. The third-order valence-electron chi connectivity index (χ3n) is 2.53. The second-order valence-corrected chi connectivity index (χ2v) is 4.95. The first-order valence-electron chi connectivity index (χ1n) is 5.41. The number of rotatable bonds is 4. The van der Waals surface area contributed by atoms with E-state index in [0.717, 1.165) is 16.3 Å². The van der Waals surface area contributed by atoms with E-state index in [4.69, 9.17) is 5.73 Å². The normalized spacial score (nSPS) is 12.4. The van der Waals surface area contributed by atoms with Crippen molar-refractivity contribution in [2.45, 2.75) is 19.4 Å². The van der Waals surface area contributed by atoms with Gasteiger partial charge in [-0.1, -0.05) is 30.3 Å². The number of carbonyl (C=O) groups excluding carboxylic acids is 1. The minimum Gasteiger partial charge on any atom is -0.318 e. The molecule has 0 bridgehead atoms. The van der Waals surface area contributed by atoms with Crippen LogP contribution in [0.4, 0.5) is 0 Å². The van der Waals surface area contributed by atoms with Crippen LogP contribution in [0.5, 0.6) is 0 Å². The Balaban J connectivity index is 2.06. The summed E-state index contributed by atoms with van der Waals surface area (Å²) in [6.45, 7) is 1.93. The highest BCUT2D eigenvalue weighted by molar-refractivity contribution is 7.09. The van der Waals surface area contributed by atoms with Crippen molar-refractivity contribution in [2.24, 2.45) is 5.73 Å². The van der Waals surface area contributed by atoms with Crippen LogP contribution in [0.2, 0.25) is 0 Å². The molecule has 0 radical (unpaired) electrons. The number of nitrogens with two attached hydrogens (primary N) is 1. The van der Waals surface area contributed by atoms with Gasteiger partial charge in [0.15, 0.2) is 5.78 Å². The highest BCUT2D eigenvalue weighted by Crippen LogP contribution is 2.15. The van der Waals surface area contributed by atoms with E-state index in [1.54, 1.807) is 11.3 Å². The molecule has 0 fully saturated rings. The van der Waals surface area contributed by atoms with Crippen molar-refractivity contribution in [1.29, 1.82) is 0 Å². The van der Waals surface area contributed by atoms with Crippen LogP contribution < -0.4 is 5.73 Å². The van der Waals surface area contributed by atoms with Gasteiger partial charge in [0.05, 0.1) is 23.2 Å². The third kappa shape index (κ3) is 2.99. The number of Topliss-reactive ketones (excluding diaryl/α,β-unsaturated/α-hetero) is 1. The van der Waals surface area contributed by atoms with E-state index in [9.17, 15) is 4.79 Å². The Kier molecular flexibility index (Phi) is 3.66. The number of ketones is 1. The number of thiazole rings is 1. The first-order chi connectivity index (χ1) is 8.16. The van der Waals surface area contributed by atoms with Crippen LogP contribution in [0.1, 0.15) is 22.3 Å². The zero-order chi connectivity index (χ0) is 12.3. The summed E-state index contributed by atoms with van der Waals surface area (Å²) in [5.74, 6) is 0.00139. The molecule has 2 rings (SSSR count). The van der Waals surface area contributed by atoms with Gasteiger partial charge in [-0.2, -0.15) is 0 Å². The van der Waals surface area contributed by atoms with Gasteiger partial charge in [-0.15, -0.1) is 11.3 Å². The van der Waals surface area contributed by atoms with Gasteiger partial charge < -0.3 is 5.73 Å². The Bertz CT molecular complexity index is 507. The highest BCUT2D eigenvalue weighted by Gasteiger charge is 2.16. The van der Waals surface area contributed by atoms with E-state index >= 15 is 0 Å². The largest absolute Gasteiger partial charge is 0.318 e. The molecule has 0 aliphatic rings. The molecule has 0 spiro atoms. The lowest BCUT2D eigenvalue weighted by molar-refractivity contribution is -0.119. The maximum absolute atomic E-state index is 12.0. The number of carbonyl (C=O) groups is 1. The maximum atomic E-state index is 12.0. The van der Waals surface area contributed by atoms with E-state index in [2.05, 4.69) is 4.98 Å². The third-order valence-corrected chi connectivity index (χ3v) is 3.35. The van der Waals surface area contributed by atoms with E-state index in [1.165, 1.54) is 0 Å². The molecule has 1 atom stereocenters. The zero-order valence-corrected chi connectivity index (χ0v) is 10.4. The van der Waals surface area contributed by atoms with Crippen molar-refractivity contribution in [1.82, 2.24) is 4.98 Å². The molecular weight excluding hydrogens is 232 g/mol. The predicted molar refractivity (Wildman–Crippen MR) is 68.9 cm³/mol. The van der Waals surface area contributed by atoms with Gasteiger partial charge >= 0.3 is 0 Å². The highest BCUT2D eigenvalue weighted by atomic mass is 32.1. The molecule has 88 valence electrons. The molecule has 0 amide bonds. The fourth-order valence-corrected chi connectivity index (χ4v) is 2.24. The molecule has 17 heavy (non-hydrogen) atoms. The summed E-state index contributed by atoms with van der Waals surface area (Å²) in [7, 11) is 0. The average Bonchev–Trinajstić information content (AvgIpc) is 2.75. The summed E-state index contributed by atoms with van der Waals surface area (Å²) in [4.78, 5) is 16.2. The van der Waals surface area contributed by atoms with Crippen LogP contribution in [0.15, 0.2) is 35.7 Å². The van der Waals surface area contributed by atoms with Gasteiger partial charge in [-0.05, 0) is 12.5 Å². The van der Waals surface area contributed by atoms with Crippen molar-refractivity contribution in [2.75, 3.05) is 0 Å². The fourth-order valence-electron chi connectivity index (χ4n) is 1.62. The van der Waals surface area contributed by atoms with Crippen molar-refractivity contribution >= 4 is 17.1 Å². The smallest absolute Gasteiger partial charge is 0.160 e. The van der Waals surface area contributed by atoms with Crippen LogP contribution in [0.3, 0.4) is 0 Å². The number of hydrogen-bond acceptors (Lipinski definition) is 4. The number of hydrogen-bond donors (Lipinski definition) is 1. The van der Waals surface area contributed by atoms with Crippen molar-refractivity contribution in [3.63, 3.8) is 0 Å². The molecule has 0 saturated heterocycles. The van der Waals surface area contributed by atoms with Gasteiger partial charge in [-0.25, -0.2) is 4.98 Å². The van der Waals surface area contributed by atoms with Crippen molar-refractivity contribution < 1.29 is 4.79 Å². The van der Waals surface area contributed by atoms with E-state index < -0.39 is 6.04 Å². The summed E-state index contributed by atoms with van der Waals surface area (Å²) in [5.41, 5.74) is 7.58. The number of aryl methyl sites for hydroxylation is 1. The monoisotopic (exact) mass is 246 g/mol. The lowest BCUT2D eigenvalue weighted by Gasteiger charge is -2.09. The summed E-state index contributed by atoms with van der Waals surface area (Å²) in [6.07, 6.45) is 0.306. The Morgan fingerprint density at radius 1 is 1.41 bits per heavy atom. The standard InChI is InChI=1S/C13H14N2OS/c1-9-15-11(8-17-9)7-12(16)13(14)10-5-3-2-4-6-10/h2-6,8,13H,7,14H2,1H3. The molecule has 0 saturated carbocycles. The second kappa shape index (κ2) is 5.21. The van der Waals surface area contributed by atoms with Crippen LogP contribution in [-0.4, -0.2) is 10.8 Å². The molecule has 4 heteroatoms. The zero-order valence-electron chi connectivity index (χ0n) is 9.59. The Morgan fingerprint density at radius 2 is 2.12 bits per heavy atom. The Hall–Kier alpha value is -1.52. The van der Waals surface area contributed by atoms with Crippen LogP contribution in [0.25, 0.3) is 0 Å². The summed E-state index contributed by atoms with van der Waals surface area (Å²) < 4.78 is 0. The van der Waals surface area contributed by atoms with E-state index in [1.807, 2.05) is 42.6 Å². The first-order valence-corrected chi connectivity index (χ1v) is 6.29. The van der Waals surface area contributed by atoms with Crippen molar-refractivity contribution in [3.05, 3.63) is 52.0 Å². The summed E-state index contributed by atoms with van der Waals surface area (Å²) in [6, 6.07) is 8.86. The van der Waals surface area contributed by atoms with Gasteiger partial charge in [0.25, 0.3) is 0 Å². The number of benzene rings is 1. The quantitative estimate of drug-likeness (QED) is 0.900. The van der Waals surface area contributed by atoms with Gasteiger partial charge in [0.2, 0.25) is 0 Å². The average molecular weight is 246 g/mol. The minimum absolute atomic E-state index is 0.00139. The Labute approximate surface area is 104 Å². The molecule has 1 aromatic heterocycles. The molecule has 2 N–H and O–H groups in total. The molecular formula is C13H14N2OS. The predicted octanol–water partition coefficient (Wildman–Crippen LogP) is 2.26. The number of aromatic nitrogens is 1. The molecule has 1 heterocycles. The molecule has 1 unspecified atom stereocenters. The Morgan fingerprint density at radius 3 is 2.71 bits per heavy atom. The van der Waals surface area contributed by atoms with Crippen LogP contribution in [-0.2, 0) is 11.2 Å². The molecule has 3 nitrogen and oxygen atoms in total. The lowest BCUT2D eigenvalue weighted by Crippen LogP contribution is -2.23. The maximum Gasteiger partial charge on any atom is 0.160 e. The van der Waals surface area contributed by atoms with Crippen LogP contribution >= 0.6 is 11.3 Å². The van der Waals surface area contributed by atoms with Gasteiger partial charge in [-0.3, -0.25) is 4.79 Å². The molecule has 0 aliphatic carbocycles. The first kappa shape index (κ1) is 12.0. The molecule has 0 aliphatic heterocycles. The van der Waals surface area contributed by atoms with Gasteiger partial charge in [0, 0.05) is 5.38 Å². The van der Waals surface area contributed by atoms with Gasteiger partial charge in [0.1, 0.15) is 0 Å². The fraction of sp³-hybridized carbons (Fsp3) is 0.231. The lowest BCUT2D eigenvalue weighted by atomic mass is 10.0. The molecule has 1 aromatic carbocycles.